The monoisotopic (exact) mass is 782 g/mol. The second kappa shape index (κ2) is 15.1. The van der Waals surface area contributed by atoms with Gasteiger partial charge in [0.15, 0.2) is 18.9 Å². The maximum Gasteiger partial charge on any atom is 0.331 e. The molecule has 4 heterocycles. The fourth-order valence-electron chi connectivity index (χ4n) is 12.5. The highest BCUT2D eigenvalue weighted by Crippen LogP contribution is 2.70. The van der Waals surface area contributed by atoms with Gasteiger partial charge in [0.1, 0.15) is 37.1 Å². The van der Waals surface area contributed by atoms with Crippen molar-refractivity contribution in [2.75, 3.05) is 13.2 Å². The second-order valence-corrected chi connectivity index (χ2v) is 18.5. The number of hydrogen-bond acceptors (Lipinski definition) is 15. The first-order valence-corrected chi connectivity index (χ1v) is 20.6. The smallest absolute Gasteiger partial charge is 0.331 e. The minimum Gasteiger partial charge on any atom is -0.458 e. The summed E-state index contributed by atoms with van der Waals surface area (Å²) in [5, 5.41) is 76.6. The van der Waals surface area contributed by atoms with Gasteiger partial charge in [-0.05, 0) is 99.9 Å². The van der Waals surface area contributed by atoms with E-state index in [1.807, 2.05) is 13.8 Å². The van der Waals surface area contributed by atoms with Crippen molar-refractivity contribution in [3.63, 3.8) is 0 Å². The normalized spacial score (nSPS) is 55.5. The SMILES string of the molecule is C[C@@H]1O[C@H](O[C@H]2CC[C@@]3(C)[C@H](CC[C@@H]4[C@@H]3C[C@@H](O)[C@]3(C)[C@@H](C5=CC(=O)OC5)CC[C@]43O)C2)C[C@@H](O)[C@H]1O[C@@H]1C[C@@H](O)[C@@H](O[C@H]2OC[C@H](O)[C@@H](O)[C@@H]2O)[C@H](C)O1. The number of carbonyl (C=O) groups is 1. The Morgan fingerprint density at radius 3 is 2.07 bits per heavy atom. The van der Waals surface area contributed by atoms with E-state index in [0.29, 0.717) is 18.8 Å². The van der Waals surface area contributed by atoms with Crippen molar-refractivity contribution in [2.45, 2.75) is 184 Å². The Kier molecular flexibility index (Phi) is 11.1. The van der Waals surface area contributed by atoms with E-state index in [9.17, 15) is 40.5 Å². The van der Waals surface area contributed by atoms with Gasteiger partial charge in [0.2, 0.25) is 0 Å². The molecule has 7 N–H and O–H groups in total. The number of aliphatic hydroxyl groups excluding tert-OH is 6. The van der Waals surface area contributed by atoms with Crippen molar-refractivity contribution >= 4 is 5.97 Å². The molecule has 15 heteroatoms. The predicted molar refractivity (Wildman–Crippen MR) is 189 cm³/mol. The van der Waals surface area contributed by atoms with Crippen LogP contribution in [-0.2, 0) is 38.0 Å². The lowest BCUT2D eigenvalue weighted by atomic mass is 9.42. The van der Waals surface area contributed by atoms with Gasteiger partial charge >= 0.3 is 5.97 Å². The molecule has 4 aliphatic heterocycles. The third-order valence-corrected chi connectivity index (χ3v) is 15.7. The molecule has 0 aromatic heterocycles. The highest BCUT2D eigenvalue weighted by molar-refractivity contribution is 5.85. The lowest BCUT2D eigenvalue weighted by Crippen LogP contribution is -2.67. The maximum absolute atomic E-state index is 12.6. The average Bonchev–Trinajstić information content (AvgIpc) is 3.68. The molecule has 21 atom stereocenters. The molecule has 0 spiro atoms. The van der Waals surface area contributed by atoms with Crippen molar-refractivity contribution < 1.29 is 73.7 Å². The van der Waals surface area contributed by atoms with Crippen LogP contribution >= 0.6 is 0 Å². The summed E-state index contributed by atoms with van der Waals surface area (Å²) in [6, 6.07) is 0. The van der Waals surface area contributed by atoms with Crippen molar-refractivity contribution in [2.24, 2.45) is 34.5 Å². The van der Waals surface area contributed by atoms with E-state index >= 15 is 0 Å². The third kappa shape index (κ3) is 6.84. The minimum absolute atomic E-state index is 0.0191. The van der Waals surface area contributed by atoms with Crippen LogP contribution in [0, 0.1) is 34.5 Å². The van der Waals surface area contributed by atoms with Crippen molar-refractivity contribution in [3.05, 3.63) is 11.6 Å². The zero-order valence-corrected chi connectivity index (χ0v) is 32.4. The van der Waals surface area contributed by atoms with Gasteiger partial charge in [0, 0.05) is 24.3 Å². The maximum atomic E-state index is 12.6. The van der Waals surface area contributed by atoms with Gasteiger partial charge in [-0.2, -0.15) is 0 Å². The summed E-state index contributed by atoms with van der Waals surface area (Å²) < 4.78 is 41.4. The van der Waals surface area contributed by atoms with Crippen molar-refractivity contribution in [3.8, 4) is 0 Å². The van der Waals surface area contributed by atoms with E-state index in [1.165, 1.54) is 0 Å². The Morgan fingerprint density at radius 1 is 0.745 bits per heavy atom. The Balaban J connectivity index is 0.840. The van der Waals surface area contributed by atoms with Crippen LogP contribution in [0.25, 0.3) is 0 Å². The number of cyclic esters (lactones) is 1. The van der Waals surface area contributed by atoms with E-state index < -0.39 is 90.9 Å². The number of fused-ring (bicyclic) bond motifs is 5. The molecule has 4 aliphatic carbocycles. The Labute approximate surface area is 322 Å². The standard InChI is InChI=1S/C40H62O15/c1-18-35(54-32-15-27(42)36(19(2)52-32)55-37-34(47)33(46)28(43)17-50-37)26(41)14-31(51-18)53-22-7-9-38(3)21(12-22)5-6-24-25(38)13-29(44)39(4)23(8-10-40(24,39)48)20-11-30(45)49-16-20/h11,18-19,21-29,31-37,41-44,46-48H,5-10,12-17H2,1-4H3/t18-,19-,21+,22-,23+,24+,25-,26+,27+,28-,29+,31+,32+,33+,34-,35-,36-,37+,38-,39-,40-/m0/s1. The molecular formula is C40H62O15. The van der Waals surface area contributed by atoms with Crippen LogP contribution in [0.2, 0.25) is 0 Å². The van der Waals surface area contributed by atoms with E-state index in [0.717, 1.165) is 44.1 Å². The van der Waals surface area contributed by atoms with Gasteiger partial charge < -0.3 is 68.9 Å². The first-order chi connectivity index (χ1) is 26.0. The van der Waals surface area contributed by atoms with Crippen LogP contribution in [-0.4, -0.2) is 147 Å². The van der Waals surface area contributed by atoms with Crippen molar-refractivity contribution in [1.29, 1.82) is 0 Å². The molecule has 8 aliphatic rings. The van der Waals surface area contributed by atoms with Crippen LogP contribution in [0.15, 0.2) is 11.6 Å². The Bertz CT molecular complexity index is 1420. The zero-order valence-electron chi connectivity index (χ0n) is 32.4. The molecule has 0 radical (unpaired) electrons. The molecular weight excluding hydrogens is 720 g/mol. The largest absolute Gasteiger partial charge is 0.458 e. The first kappa shape index (κ1) is 40.5. The van der Waals surface area contributed by atoms with Crippen LogP contribution < -0.4 is 0 Å². The van der Waals surface area contributed by atoms with Gasteiger partial charge in [-0.15, -0.1) is 0 Å². The van der Waals surface area contributed by atoms with E-state index in [4.69, 9.17) is 33.2 Å². The number of rotatable bonds is 7. The van der Waals surface area contributed by atoms with Crippen molar-refractivity contribution in [1.82, 2.24) is 0 Å². The van der Waals surface area contributed by atoms with Gasteiger partial charge in [-0.1, -0.05) is 13.8 Å². The molecule has 0 bridgehead atoms. The fraction of sp³-hybridized carbons (Fsp3) is 0.925. The number of aliphatic hydroxyl groups is 7. The molecule has 55 heavy (non-hydrogen) atoms. The number of esters is 1. The van der Waals surface area contributed by atoms with Gasteiger partial charge in [-0.3, -0.25) is 0 Å². The predicted octanol–water partition coefficient (Wildman–Crippen LogP) is 0.800. The Hall–Kier alpha value is -1.31. The van der Waals surface area contributed by atoms with E-state index in [1.54, 1.807) is 13.0 Å². The Morgan fingerprint density at radius 2 is 1.42 bits per heavy atom. The highest BCUT2D eigenvalue weighted by Gasteiger charge is 2.71. The molecule has 312 valence electrons. The summed E-state index contributed by atoms with van der Waals surface area (Å²) in [6.45, 7) is 7.88. The van der Waals surface area contributed by atoms with Crippen LogP contribution in [0.1, 0.15) is 91.9 Å². The molecule has 3 saturated heterocycles. The molecule has 4 saturated carbocycles. The minimum atomic E-state index is -1.50. The summed E-state index contributed by atoms with van der Waals surface area (Å²) in [5.74, 6) is 0.155. The molecule has 15 nitrogen and oxygen atoms in total. The van der Waals surface area contributed by atoms with Crippen LogP contribution in [0.4, 0.5) is 0 Å². The second-order valence-electron chi connectivity index (χ2n) is 18.5. The quantitative estimate of drug-likeness (QED) is 0.140. The molecule has 0 aromatic rings. The summed E-state index contributed by atoms with van der Waals surface area (Å²) in [5.41, 5.74) is -0.929. The number of carbonyl (C=O) groups excluding carboxylic acids is 1. The first-order valence-electron chi connectivity index (χ1n) is 20.6. The molecule has 0 unspecified atom stereocenters. The lowest BCUT2D eigenvalue weighted by Gasteiger charge is -2.65. The van der Waals surface area contributed by atoms with Crippen LogP contribution in [0.5, 0.6) is 0 Å². The van der Waals surface area contributed by atoms with Gasteiger partial charge in [0.25, 0.3) is 0 Å². The summed E-state index contributed by atoms with van der Waals surface area (Å²) in [4.78, 5) is 11.9. The average molecular weight is 783 g/mol. The zero-order chi connectivity index (χ0) is 39.2. The highest BCUT2D eigenvalue weighted by atomic mass is 16.7. The molecule has 0 amide bonds. The van der Waals surface area contributed by atoms with Crippen LogP contribution in [0.3, 0.4) is 0 Å². The molecule has 7 fully saturated rings. The molecule has 0 aromatic carbocycles. The van der Waals surface area contributed by atoms with E-state index in [2.05, 4.69) is 6.92 Å². The topological polar surface area (TPSA) is 223 Å². The fourth-order valence-corrected chi connectivity index (χ4v) is 12.5. The third-order valence-electron chi connectivity index (χ3n) is 15.7. The summed E-state index contributed by atoms with van der Waals surface area (Å²) in [7, 11) is 0. The van der Waals surface area contributed by atoms with E-state index in [-0.39, 0.29) is 61.3 Å². The lowest BCUT2D eigenvalue weighted by molar-refractivity contribution is -0.342. The number of hydrogen-bond donors (Lipinski definition) is 7. The van der Waals surface area contributed by atoms with Gasteiger partial charge in [0.05, 0.1) is 48.8 Å². The number of ether oxygens (including phenoxy) is 7. The summed E-state index contributed by atoms with van der Waals surface area (Å²) >= 11 is 0. The molecule has 8 rings (SSSR count). The van der Waals surface area contributed by atoms with Gasteiger partial charge in [-0.25, -0.2) is 4.79 Å². The summed E-state index contributed by atoms with van der Waals surface area (Å²) in [6.07, 6.45) is -4.45.